The van der Waals surface area contributed by atoms with Gasteiger partial charge in [0.1, 0.15) is 4.90 Å². The zero-order chi connectivity index (χ0) is 24.4. The second-order valence-corrected chi connectivity index (χ2v) is 11.5. The molecule has 0 aliphatic heterocycles. The number of anilines is 1. The van der Waals surface area contributed by atoms with Gasteiger partial charge in [-0.3, -0.25) is 13.8 Å². The molecule has 0 spiro atoms. The van der Waals surface area contributed by atoms with Gasteiger partial charge in [-0.15, -0.1) is 0 Å². The van der Waals surface area contributed by atoms with Crippen LogP contribution in [0.15, 0.2) is 81.4 Å². The molecule has 0 aliphatic carbocycles. The first-order chi connectivity index (χ1) is 15.3. The van der Waals surface area contributed by atoms with Crippen LogP contribution < -0.4 is 4.72 Å². The van der Waals surface area contributed by atoms with Gasteiger partial charge in [-0.1, -0.05) is 48.0 Å². The fourth-order valence-electron chi connectivity index (χ4n) is 2.83. The molecule has 9 nitrogen and oxygen atoms in total. The lowest BCUT2D eigenvalue weighted by Crippen LogP contribution is -2.13. The van der Waals surface area contributed by atoms with E-state index in [1.54, 1.807) is 19.1 Å². The number of hydrogen-bond donors (Lipinski definition) is 3. The maximum absolute atomic E-state index is 12.6. The van der Waals surface area contributed by atoms with E-state index in [1.165, 1.54) is 60.7 Å². The minimum Gasteiger partial charge on any atom is -0.282 e. The van der Waals surface area contributed by atoms with Crippen molar-refractivity contribution in [3.63, 3.8) is 0 Å². The number of rotatable bonds is 7. The molecule has 3 N–H and O–H groups in total. The molecule has 3 aromatic rings. The third-order valence-electron chi connectivity index (χ3n) is 4.51. The van der Waals surface area contributed by atoms with Gasteiger partial charge in [0, 0.05) is 0 Å². The van der Waals surface area contributed by atoms with Crippen LogP contribution in [0.2, 0.25) is 0 Å². The van der Waals surface area contributed by atoms with Gasteiger partial charge < -0.3 is 0 Å². The Kier molecular flexibility index (Phi) is 6.77. The van der Waals surface area contributed by atoms with Crippen LogP contribution in [-0.4, -0.2) is 34.4 Å². The van der Waals surface area contributed by atoms with Crippen LogP contribution in [0, 0.1) is 6.92 Å². The number of hydrogen-bond acceptors (Lipinski definition) is 6. The van der Waals surface area contributed by atoms with Crippen molar-refractivity contribution >= 4 is 48.1 Å². The monoisotopic (exact) mass is 509 g/mol. The number of sulfonamides is 1. The summed E-state index contributed by atoms with van der Waals surface area (Å²) in [4.78, 5) is -0.847. The maximum atomic E-state index is 12.6. The van der Waals surface area contributed by atoms with E-state index in [0.29, 0.717) is 5.56 Å². The Morgan fingerprint density at radius 1 is 0.697 bits per heavy atom. The topological polar surface area (TPSA) is 155 Å². The highest BCUT2D eigenvalue weighted by molar-refractivity contribution is 7.92. The van der Waals surface area contributed by atoms with E-state index in [-0.39, 0.29) is 21.0 Å². The lowest BCUT2D eigenvalue weighted by atomic mass is 10.1. The Hall–Kier alpha value is -3.03. The maximum Gasteiger partial charge on any atom is 0.295 e. The van der Waals surface area contributed by atoms with Gasteiger partial charge in [0.15, 0.2) is 0 Å². The first-order valence-electron chi connectivity index (χ1n) is 9.22. The molecule has 0 amide bonds. The summed E-state index contributed by atoms with van der Waals surface area (Å²) in [7, 11) is -13.0. The average Bonchev–Trinajstić information content (AvgIpc) is 2.72. The standard InChI is InChI=1S/C21H19NO8S3/c1-15-2-10-19(11-3-15)31(23,24)22-18-9-8-17(21(14-18)33(28,29)30)7-4-16-5-12-20(13-6-16)32(25,26)27/h2-14,22H,1H3,(H,25,26,27)(H,28,29,30). The molecule has 0 unspecified atom stereocenters. The third-order valence-corrected chi connectivity index (χ3v) is 7.68. The summed E-state index contributed by atoms with van der Waals surface area (Å²) >= 11 is 0. The third kappa shape index (κ3) is 6.27. The molecule has 0 atom stereocenters. The molecule has 0 radical (unpaired) electrons. The van der Waals surface area contributed by atoms with Crippen molar-refractivity contribution < 1.29 is 34.4 Å². The molecular weight excluding hydrogens is 490 g/mol. The summed E-state index contributed by atoms with van der Waals surface area (Å²) in [5.41, 5.74) is 1.34. The van der Waals surface area contributed by atoms with Crippen LogP contribution in [-0.2, 0) is 30.3 Å². The Labute approximate surface area is 192 Å². The molecule has 3 aromatic carbocycles. The van der Waals surface area contributed by atoms with Crippen molar-refractivity contribution in [1.82, 2.24) is 0 Å². The van der Waals surface area contributed by atoms with Crippen molar-refractivity contribution in [2.45, 2.75) is 21.6 Å². The summed E-state index contributed by atoms with van der Waals surface area (Å²) in [6.45, 7) is 1.80. The van der Waals surface area contributed by atoms with Gasteiger partial charge in [-0.2, -0.15) is 16.8 Å². The highest BCUT2D eigenvalue weighted by Crippen LogP contribution is 2.25. The summed E-state index contributed by atoms with van der Waals surface area (Å²) in [6, 6.07) is 14.8. The molecule has 0 fully saturated rings. The van der Waals surface area contributed by atoms with E-state index in [9.17, 15) is 29.8 Å². The molecule has 12 heteroatoms. The summed E-state index contributed by atoms with van der Waals surface area (Å²) in [5.74, 6) is 0. The molecule has 3 rings (SSSR count). The average molecular weight is 510 g/mol. The molecule has 33 heavy (non-hydrogen) atoms. The minimum absolute atomic E-state index is 0.0150. The van der Waals surface area contributed by atoms with Crippen LogP contribution in [0.4, 0.5) is 5.69 Å². The van der Waals surface area contributed by atoms with Gasteiger partial charge in [0.05, 0.1) is 15.5 Å². The van der Waals surface area contributed by atoms with E-state index in [2.05, 4.69) is 4.72 Å². The highest BCUT2D eigenvalue weighted by Gasteiger charge is 2.19. The minimum atomic E-state index is -4.71. The van der Waals surface area contributed by atoms with Crippen molar-refractivity contribution in [1.29, 1.82) is 0 Å². The van der Waals surface area contributed by atoms with Gasteiger partial charge >= 0.3 is 0 Å². The number of nitrogens with one attached hydrogen (secondary N) is 1. The van der Waals surface area contributed by atoms with Crippen LogP contribution >= 0.6 is 0 Å². The van der Waals surface area contributed by atoms with Gasteiger partial charge in [0.2, 0.25) is 0 Å². The van der Waals surface area contributed by atoms with Gasteiger partial charge in [0.25, 0.3) is 30.3 Å². The molecule has 0 bridgehead atoms. The summed E-state index contributed by atoms with van der Waals surface area (Å²) in [6.07, 6.45) is 2.80. The second kappa shape index (κ2) is 9.08. The molecule has 0 saturated heterocycles. The Bertz CT molecular complexity index is 1520. The van der Waals surface area contributed by atoms with Crippen molar-refractivity contribution in [2.75, 3.05) is 4.72 Å². The smallest absolute Gasteiger partial charge is 0.282 e. The van der Waals surface area contributed by atoms with Gasteiger partial charge in [-0.05, 0) is 54.4 Å². The predicted octanol–water partition coefficient (Wildman–Crippen LogP) is 3.46. The first-order valence-corrected chi connectivity index (χ1v) is 13.6. The van der Waals surface area contributed by atoms with Crippen LogP contribution in [0.5, 0.6) is 0 Å². The predicted molar refractivity (Wildman–Crippen MR) is 123 cm³/mol. The van der Waals surface area contributed by atoms with Crippen LogP contribution in [0.3, 0.4) is 0 Å². The van der Waals surface area contributed by atoms with E-state index in [4.69, 9.17) is 4.55 Å². The second-order valence-electron chi connectivity index (χ2n) is 7.02. The van der Waals surface area contributed by atoms with Gasteiger partial charge in [-0.25, -0.2) is 8.42 Å². The molecule has 0 aromatic heterocycles. The summed E-state index contributed by atoms with van der Waals surface area (Å²) < 4.78 is 92.1. The number of benzene rings is 3. The van der Waals surface area contributed by atoms with E-state index in [1.807, 2.05) is 0 Å². The summed E-state index contributed by atoms with van der Waals surface area (Å²) in [5, 5.41) is 0. The van der Waals surface area contributed by atoms with Crippen molar-refractivity contribution in [3.8, 4) is 0 Å². The van der Waals surface area contributed by atoms with E-state index in [0.717, 1.165) is 11.6 Å². The Morgan fingerprint density at radius 3 is 1.82 bits per heavy atom. The zero-order valence-electron chi connectivity index (χ0n) is 17.1. The lowest BCUT2D eigenvalue weighted by molar-refractivity contribution is 0.481. The largest absolute Gasteiger partial charge is 0.295 e. The fraction of sp³-hybridized carbons (Fsp3) is 0.0476. The quantitative estimate of drug-likeness (QED) is 0.323. The van der Waals surface area contributed by atoms with E-state index >= 15 is 0 Å². The highest BCUT2D eigenvalue weighted by atomic mass is 32.2. The zero-order valence-corrected chi connectivity index (χ0v) is 19.5. The Balaban J connectivity index is 1.93. The fourth-order valence-corrected chi connectivity index (χ4v) is 5.07. The molecule has 0 saturated carbocycles. The molecule has 0 heterocycles. The SMILES string of the molecule is Cc1ccc(S(=O)(=O)Nc2ccc(C=Cc3ccc(S(=O)(=O)O)cc3)c(S(=O)(=O)O)c2)cc1. The first kappa shape index (κ1) is 24.6. The van der Waals surface area contributed by atoms with Crippen LogP contribution in [0.1, 0.15) is 16.7 Å². The van der Waals surface area contributed by atoms with Crippen molar-refractivity contribution in [2.24, 2.45) is 0 Å². The molecular formula is C21H19NO8S3. The van der Waals surface area contributed by atoms with Crippen LogP contribution in [0.25, 0.3) is 12.2 Å². The number of aryl methyl sites for hydroxylation is 1. The lowest BCUT2D eigenvalue weighted by Gasteiger charge is -2.11. The Morgan fingerprint density at radius 2 is 1.27 bits per heavy atom. The normalized spacial score (nSPS) is 12.7. The molecule has 0 aliphatic rings. The molecule has 174 valence electrons. The van der Waals surface area contributed by atoms with E-state index < -0.39 is 35.2 Å². The van der Waals surface area contributed by atoms with Crippen molar-refractivity contribution in [3.05, 3.63) is 83.4 Å².